The molecule has 1 fully saturated rings. The zero-order chi connectivity index (χ0) is 24.2. The Balaban J connectivity index is 1.49. The summed E-state index contributed by atoms with van der Waals surface area (Å²) in [6, 6.07) is 10.5. The van der Waals surface area contributed by atoms with Crippen LogP contribution in [-0.2, 0) is 13.0 Å². The van der Waals surface area contributed by atoms with Crippen LogP contribution >= 0.6 is 0 Å². The first-order valence-electron chi connectivity index (χ1n) is 12.8. The minimum Gasteiger partial charge on any atom is -0.296 e. The fourth-order valence-electron chi connectivity index (χ4n) is 5.47. The van der Waals surface area contributed by atoms with Gasteiger partial charge < -0.3 is 0 Å². The monoisotopic (exact) mass is 471 g/mol. The number of hydrogen-bond donors (Lipinski definition) is 1. The molecule has 0 bridgehead atoms. The molecule has 182 valence electrons. The topological polar surface area (TPSA) is 94.3 Å². The lowest BCUT2D eigenvalue weighted by Gasteiger charge is -2.18. The third kappa shape index (κ3) is 4.70. The summed E-state index contributed by atoms with van der Waals surface area (Å²) in [6.45, 7) is 4.96. The van der Waals surface area contributed by atoms with Gasteiger partial charge in [-0.15, -0.1) is 5.10 Å². The molecule has 0 amide bonds. The Labute approximate surface area is 205 Å². The van der Waals surface area contributed by atoms with Gasteiger partial charge >= 0.3 is 5.69 Å². The summed E-state index contributed by atoms with van der Waals surface area (Å²) < 4.78 is 4.03. The van der Waals surface area contributed by atoms with Crippen LogP contribution < -0.4 is 5.69 Å². The Morgan fingerprint density at radius 3 is 2.66 bits per heavy atom. The Bertz CT molecular complexity index is 1300. The normalized spacial score (nSPS) is 17.8. The molecule has 1 aliphatic rings. The number of unbranched alkanes of at least 4 members (excludes halogenated alkanes) is 1. The smallest absolute Gasteiger partial charge is 0.296 e. The van der Waals surface area contributed by atoms with Crippen molar-refractivity contribution in [3.63, 3.8) is 0 Å². The zero-order valence-electron chi connectivity index (χ0n) is 20.5. The van der Waals surface area contributed by atoms with Crippen LogP contribution in [0.5, 0.6) is 0 Å². The standard InChI is InChI=1S/C27H33N7O/c1-3-5-8-23-18-34(25-9-6-7-19(25)4-2)27(35)33(23)17-22-16-28-15-14-24(22)20-10-12-21(13-11-20)26-29-31-32-30-26/h10-16,18-19,25H,3-9,17H2,1-2H3,(H,29,30,31,32). The molecule has 8 heteroatoms. The van der Waals surface area contributed by atoms with Crippen molar-refractivity contribution in [2.45, 2.75) is 71.4 Å². The first-order valence-corrected chi connectivity index (χ1v) is 12.8. The number of aromatic nitrogens is 7. The SMILES string of the molecule is CCCCc1cn(C2CCCC2CC)c(=O)n1Cc1cnccc1-c1ccc(-c2nnn[nH]2)cc1. The third-order valence-electron chi connectivity index (χ3n) is 7.42. The molecule has 1 N–H and O–H groups in total. The van der Waals surface area contributed by atoms with Gasteiger partial charge in [0.15, 0.2) is 5.82 Å². The zero-order valence-corrected chi connectivity index (χ0v) is 20.5. The molecule has 0 spiro atoms. The van der Waals surface area contributed by atoms with E-state index in [0.717, 1.165) is 60.1 Å². The second-order valence-electron chi connectivity index (χ2n) is 9.53. The van der Waals surface area contributed by atoms with Gasteiger partial charge in [-0.05, 0) is 64.8 Å². The highest BCUT2D eigenvalue weighted by atomic mass is 16.1. The van der Waals surface area contributed by atoms with Gasteiger partial charge in [0, 0.05) is 35.9 Å². The molecule has 1 aromatic carbocycles. The number of benzene rings is 1. The number of hydrogen-bond acceptors (Lipinski definition) is 5. The van der Waals surface area contributed by atoms with Crippen LogP contribution in [0, 0.1) is 5.92 Å². The minimum atomic E-state index is 0.115. The molecule has 35 heavy (non-hydrogen) atoms. The van der Waals surface area contributed by atoms with E-state index in [1.54, 1.807) is 0 Å². The summed E-state index contributed by atoms with van der Waals surface area (Å²) >= 11 is 0. The molecule has 0 saturated heterocycles. The van der Waals surface area contributed by atoms with E-state index in [0.29, 0.717) is 24.3 Å². The third-order valence-corrected chi connectivity index (χ3v) is 7.42. The van der Waals surface area contributed by atoms with Crippen LogP contribution in [0.3, 0.4) is 0 Å². The number of nitrogens with one attached hydrogen (secondary N) is 1. The second kappa shape index (κ2) is 10.4. The van der Waals surface area contributed by atoms with Crippen LogP contribution in [0.15, 0.2) is 53.7 Å². The predicted molar refractivity (Wildman–Crippen MR) is 136 cm³/mol. The van der Waals surface area contributed by atoms with Crippen LogP contribution in [0.1, 0.15) is 69.7 Å². The van der Waals surface area contributed by atoms with E-state index in [4.69, 9.17) is 0 Å². The van der Waals surface area contributed by atoms with Crippen LogP contribution in [-0.4, -0.2) is 34.7 Å². The highest BCUT2D eigenvalue weighted by Crippen LogP contribution is 2.37. The maximum Gasteiger partial charge on any atom is 0.328 e. The van der Waals surface area contributed by atoms with Gasteiger partial charge in [0.05, 0.1) is 6.54 Å². The van der Waals surface area contributed by atoms with Crippen LogP contribution in [0.25, 0.3) is 22.5 Å². The van der Waals surface area contributed by atoms with Crippen LogP contribution in [0.4, 0.5) is 0 Å². The maximum atomic E-state index is 13.7. The summed E-state index contributed by atoms with van der Waals surface area (Å²) in [5.41, 5.74) is 5.36. The summed E-state index contributed by atoms with van der Waals surface area (Å²) in [5.74, 6) is 1.23. The van der Waals surface area contributed by atoms with Crippen molar-refractivity contribution < 1.29 is 0 Å². The molecule has 8 nitrogen and oxygen atoms in total. The molecular formula is C27H33N7O. The second-order valence-corrected chi connectivity index (χ2v) is 9.53. The molecule has 0 radical (unpaired) electrons. The lowest BCUT2D eigenvalue weighted by Crippen LogP contribution is -2.29. The summed E-state index contributed by atoms with van der Waals surface area (Å²) in [6.07, 6.45) is 13.6. The van der Waals surface area contributed by atoms with Gasteiger partial charge in [0.2, 0.25) is 0 Å². The number of aryl methyl sites for hydroxylation is 1. The van der Waals surface area contributed by atoms with Crippen molar-refractivity contribution in [3.8, 4) is 22.5 Å². The Kier molecular flexibility index (Phi) is 6.88. The molecule has 1 saturated carbocycles. The highest BCUT2D eigenvalue weighted by Gasteiger charge is 2.29. The van der Waals surface area contributed by atoms with Gasteiger partial charge in [0.1, 0.15) is 0 Å². The average Bonchev–Trinajstić information content (AvgIpc) is 3.65. The lowest BCUT2D eigenvalue weighted by molar-refractivity contribution is 0.360. The summed E-state index contributed by atoms with van der Waals surface area (Å²) in [5, 5.41) is 14.1. The van der Waals surface area contributed by atoms with Gasteiger partial charge in [-0.3, -0.25) is 14.1 Å². The maximum absolute atomic E-state index is 13.7. The Morgan fingerprint density at radius 1 is 1.09 bits per heavy atom. The van der Waals surface area contributed by atoms with E-state index in [-0.39, 0.29) is 5.69 Å². The number of pyridine rings is 1. The molecule has 2 atom stereocenters. The number of aromatic amines is 1. The van der Waals surface area contributed by atoms with Crippen molar-refractivity contribution in [1.29, 1.82) is 0 Å². The lowest BCUT2D eigenvalue weighted by atomic mass is 10.00. The highest BCUT2D eigenvalue weighted by molar-refractivity contribution is 5.69. The minimum absolute atomic E-state index is 0.115. The largest absolute Gasteiger partial charge is 0.328 e. The van der Waals surface area contributed by atoms with E-state index in [9.17, 15) is 4.79 Å². The molecule has 3 heterocycles. The molecule has 0 aliphatic heterocycles. The quantitative estimate of drug-likeness (QED) is 0.369. The van der Waals surface area contributed by atoms with Gasteiger partial charge in [0.25, 0.3) is 0 Å². The number of H-pyrrole nitrogens is 1. The number of imidazole rings is 1. The van der Waals surface area contributed by atoms with Crippen molar-refractivity contribution in [3.05, 3.63) is 70.7 Å². The van der Waals surface area contributed by atoms with E-state index >= 15 is 0 Å². The fraction of sp³-hybridized carbons (Fsp3) is 0.444. The average molecular weight is 472 g/mol. The summed E-state index contributed by atoms with van der Waals surface area (Å²) in [7, 11) is 0. The fourth-order valence-corrected chi connectivity index (χ4v) is 5.47. The first-order chi connectivity index (χ1) is 17.2. The van der Waals surface area contributed by atoms with Crippen molar-refractivity contribution in [2.24, 2.45) is 5.92 Å². The molecule has 5 rings (SSSR count). The summed E-state index contributed by atoms with van der Waals surface area (Å²) in [4.78, 5) is 18.1. The molecule has 2 unspecified atom stereocenters. The Hall–Kier alpha value is -3.55. The van der Waals surface area contributed by atoms with Crippen molar-refractivity contribution >= 4 is 0 Å². The van der Waals surface area contributed by atoms with Gasteiger partial charge in [-0.25, -0.2) is 9.89 Å². The molecule has 1 aliphatic carbocycles. The number of tetrazole rings is 1. The van der Waals surface area contributed by atoms with Gasteiger partial charge in [-0.2, -0.15) is 0 Å². The number of nitrogens with zero attached hydrogens (tertiary/aromatic N) is 6. The van der Waals surface area contributed by atoms with Crippen LogP contribution in [0.2, 0.25) is 0 Å². The van der Waals surface area contributed by atoms with E-state index in [1.807, 2.05) is 39.7 Å². The van der Waals surface area contributed by atoms with Crippen molar-refractivity contribution in [1.82, 2.24) is 34.7 Å². The predicted octanol–water partition coefficient (Wildman–Crippen LogP) is 5.03. The van der Waals surface area contributed by atoms with Gasteiger partial charge in [-0.1, -0.05) is 57.4 Å². The molecule has 4 aromatic rings. The van der Waals surface area contributed by atoms with E-state index in [2.05, 4.69) is 57.8 Å². The van der Waals surface area contributed by atoms with E-state index in [1.165, 1.54) is 12.8 Å². The molecular weight excluding hydrogens is 438 g/mol. The van der Waals surface area contributed by atoms with Crippen molar-refractivity contribution in [2.75, 3.05) is 0 Å². The number of rotatable bonds is 9. The molecule has 3 aromatic heterocycles. The first kappa shape index (κ1) is 23.2. The Morgan fingerprint density at radius 2 is 1.91 bits per heavy atom. The van der Waals surface area contributed by atoms with E-state index < -0.39 is 0 Å².